The molecule has 1 fully saturated rings. The molecule has 2 aromatic rings. The second-order valence-corrected chi connectivity index (χ2v) is 8.78. The van der Waals surface area contributed by atoms with Gasteiger partial charge >= 0.3 is 5.97 Å². The molecule has 188 valence electrons. The summed E-state index contributed by atoms with van der Waals surface area (Å²) in [4.78, 5) is 34.8. The van der Waals surface area contributed by atoms with Crippen LogP contribution in [-0.4, -0.2) is 61.7 Å². The topological polar surface area (TPSA) is 121 Å². The molecule has 0 radical (unpaired) electrons. The third-order valence-corrected chi connectivity index (χ3v) is 6.49. The molecule has 0 saturated carbocycles. The van der Waals surface area contributed by atoms with E-state index in [1.165, 1.54) is 21.6 Å². The monoisotopic (exact) mass is 484 g/mol. The third kappa shape index (κ3) is 6.95. The fourth-order valence-electron chi connectivity index (χ4n) is 4.74. The summed E-state index contributed by atoms with van der Waals surface area (Å²) < 4.78 is 10.8. The van der Waals surface area contributed by atoms with Crippen molar-refractivity contribution in [2.75, 3.05) is 33.9 Å². The summed E-state index contributed by atoms with van der Waals surface area (Å²) in [5.74, 6) is -2.03. The van der Waals surface area contributed by atoms with Crippen LogP contribution in [0.25, 0.3) is 0 Å². The number of carbonyl (C=O) groups excluding carboxylic acids is 2. The molecule has 0 aliphatic carbocycles. The van der Waals surface area contributed by atoms with E-state index in [-0.39, 0.29) is 5.92 Å². The normalized spacial score (nSPS) is 19.0. The Morgan fingerprint density at radius 2 is 1.77 bits per heavy atom. The van der Waals surface area contributed by atoms with E-state index >= 15 is 0 Å². The molecule has 2 aliphatic rings. The molecule has 4 rings (SSSR count). The van der Waals surface area contributed by atoms with Crippen molar-refractivity contribution >= 4 is 17.8 Å². The molecule has 2 aromatic carbocycles. The Balaban J connectivity index is 0.000000509. The number of carboxylic acids is 2. The molecular formula is C26H32N2O7. The van der Waals surface area contributed by atoms with Gasteiger partial charge in [-0.05, 0) is 48.6 Å². The maximum Gasteiger partial charge on any atom is 0.351 e. The van der Waals surface area contributed by atoms with Crippen LogP contribution in [0.4, 0.5) is 0 Å². The highest BCUT2D eigenvalue weighted by molar-refractivity contribution is 6.26. The van der Waals surface area contributed by atoms with Crippen LogP contribution in [0.2, 0.25) is 0 Å². The largest absolute Gasteiger partial charge is 0.539 e. The first-order valence-electron chi connectivity index (χ1n) is 11.7. The van der Waals surface area contributed by atoms with E-state index in [4.69, 9.17) is 29.3 Å². The molecule has 0 spiro atoms. The number of hydrogen-bond donors (Lipinski definition) is 2. The number of methoxy groups -OCH3 is 2. The number of carboxylic acid groups (broad SMARTS) is 2. The van der Waals surface area contributed by atoms with Crippen LogP contribution < -0.4 is 19.5 Å². The van der Waals surface area contributed by atoms with E-state index in [0.717, 1.165) is 63.5 Å². The van der Waals surface area contributed by atoms with Crippen LogP contribution >= 0.6 is 0 Å². The summed E-state index contributed by atoms with van der Waals surface area (Å²) in [5.41, 5.74) is 3.91. The van der Waals surface area contributed by atoms with Gasteiger partial charge in [-0.2, -0.15) is 0 Å². The zero-order valence-electron chi connectivity index (χ0n) is 20.1. The third-order valence-electron chi connectivity index (χ3n) is 6.49. The Kier molecular flexibility index (Phi) is 9.08. The van der Waals surface area contributed by atoms with Gasteiger partial charge in [-0.25, -0.2) is 4.79 Å². The van der Waals surface area contributed by atoms with Gasteiger partial charge in [0.25, 0.3) is 0 Å². The molecule has 0 bridgehead atoms. The molecule has 2 N–H and O–H groups in total. The number of aliphatic carboxylic acids is 2. The van der Waals surface area contributed by atoms with E-state index in [1.54, 1.807) is 14.2 Å². The van der Waals surface area contributed by atoms with Gasteiger partial charge < -0.3 is 34.3 Å². The number of nitrogens with one attached hydrogen (secondary N) is 1. The lowest BCUT2D eigenvalue weighted by Crippen LogP contribution is -3.12. The molecule has 2 atom stereocenters. The van der Waals surface area contributed by atoms with Crippen LogP contribution in [0.5, 0.6) is 11.5 Å². The first kappa shape index (κ1) is 26.0. The van der Waals surface area contributed by atoms with Gasteiger partial charge in [0.1, 0.15) is 6.54 Å². The first-order chi connectivity index (χ1) is 16.8. The lowest BCUT2D eigenvalue weighted by atomic mass is 9.93. The van der Waals surface area contributed by atoms with Crippen molar-refractivity contribution in [2.24, 2.45) is 5.92 Å². The lowest BCUT2D eigenvalue weighted by Gasteiger charge is -2.35. The Morgan fingerprint density at radius 3 is 2.43 bits per heavy atom. The second kappa shape index (κ2) is 12.2. The number of ether oxygens (including phenoxy) is 2. The number of piperidine rings is 1. The minimum Gasteiger partial charge on any atom is -0.539 e. The summed E-state index contributed by atoms with van der Waals surface area (Å²) >= 11 is 0. The molecule has 1 amide bonds. The minimum absolute atomic E-state index is 0.129. The van der Waals surface area contributed by atoms with Gasteiger partial charge in [-0.1, -0.05) is 24.3 Å². The predicted octanol–water partition coefficient (Wildman–Crippen LogP) is -0.0955. The van der Waals surface area contributed by atoms with Crippen molar-refractivity contribution in [1.29, 1.82) is 0 Å². The molecule has 35 heavy (non-hydrogen) atoms. The van der Waals surface area contributed by atoms with Crippen molar-refractivity contribution in [3.8, 4) is 11.5 Å². The Morgan fingerprint density at radius 1 is 1.09 bits per heavy atom. The van der Waals surface area contributed by atoms with Gasteiger partial charge in [0.05, 0.1) is 33.2 Å². The molecular weight excluding hydrogens is 452 g/mol. The Hall–Kier alpha value is -3.59. The summed E-state index contributed by atoms with van der Waals surface area (Å²) in [5, 5.41) is 16.3. The van der Waals surface area contributed by atoms with Crippen LogP contribution in [-0.2, 0) is 33.9 Å². The quantitative estimate of drug-likeness (QED) is 0.569. The number of amides is 1. The maximum atomic E-state index is 13.2. The highest BCUT2D eigenvalue weighted by Crippen LogP contribution is 2.27. The van der Waals surface area contributed by atoms with Crippen LogP contribution in [0.1, 0.15) is 29.5 Å². The number of rotatable bonds is 5. The highest BCUT2D eigenvalue weighted by Gasteiger charge is 2.33. The van der Waals surface area contributed by atoms with E-state index in [1.807, 2.05) is 6.07 Å². The zero-order valence-corrected chi connectivity index (χ0v) is 20.1. The number of likely N-dealkylation sites (tertiary alicyclic amines) is 1. The standard InChI is InChI=1S/C24H30N2O3.C2H2O4/c1-28-22-10-9-18(14-23(22)29-2)15-25-12-5-8-21(16-25)24(27)26-13-11-19-6-3-4-7-20(19)17-26;3-1(4)2(5)6/h3-4,6-7,9-10,14,21H,5,8,11-13,15-17H2,1-2H3;(H,3,4)(H,5,6). The molecule has 9 nitrogen and oxygen atoms in total. The van der Waals surface area contributed by atoms with Gasteiger partial charge in [0, 0.05) is 18.7 Å². The molecule has 2 heterocycles. The van der Waals surface area contributed by atoms with Gasteiger partial charge in [0.15, 0.2) is 17.5 Å². The Bertz CT molecular complexity index is 1040. The zero-order chi connectivity index (χ0) is 25.4. The van der Waals surface area contributed by atoms with Crippen molar-refractivity contribution < 1.29 is 39.0 Å². The average Bonchev–Trinajstić information content (AvgIpc) is 2.88. The number of benzene rings is 2. The summed E-state index contributed by atoms with van der Waals surface area (Å²) in [6.45, 7) is 4.53. The molecule has 0 aromatic heterocycles. The van der Waals surface area contributed by atoms with Crippen LogP contribution in [0.3, 0.4) is 0 Å². The molecule has 1 saturated heterocycles. The van der Waals surface area contributed by atoms with Crippen molar-refractivity contribution in [1.82, 2.24) is 4.90 Å². The van der Waals surface area contributed by atoms with Gasteiger partial charge in [-0.15, -0.1) is 0 Å². The number of nitrogens with zero attached hydrogens (tertiary/aromatic N) is 1. The highest BCUT2D eigenvalue weighted by atomic mass is 16.5. The van der Waals surface area contributed by atoms with E-state index < -0.39 is 11.9 Å². The second-order valence-electron chi connectivity index (χ2n) is 8.78. The fourth-order valence-corrected chi connectivity index (χ4v) is 4.74. The summed E-state index contributed by atoms with van der Waals surface area (Å²) in [6, 6.07) is 14.6. The molecule has 9 heteroatoms. The SMILES string of the molecule is COc1ccc(C[NH+]2CCCC(C(=O)N3CCc4ccccc4C3)C2)cc1OC.O=C([O-])C(=O)O. The number of fused-ring (bicyclic) bond motifs is 1. The average molecular weight is 485 g/mol. The summed E-state index contributed by atoms with van der Waals surface area (Å²) in [7, 11) is 3.32. The number of quaternary nitrogens is 1. The van der Waals surface area contributed by atoms with E-state index in [9.17, 15) is 4.79 Å². The van der Waals surface area contributed by atoms with Gasteiger partial charge in [0.2, 0.25) is 5.91 Å². The van der Waals surface area contributed by atoms with Crippen LogP contribution in [0, 0.1) is 5.92 Å². The smallest absolute Gasteiger partial charge is 0.351 e. The van der Waals surface area contributed by atoms with Crippen molar-refractivity contribution in [2.45, 2.75) is 32.4 Å². The van der Waals surface area contributed by atoms with E-state index in [2.05, 4.69) is 41.3 Å². The predicted molar refractivity (Wildman–Crippen MR) is 125 cm³/mol. The fraction of sp³-hybridized carbons (Fsp3) is 0.423. The number of hydrogen-bond acceptors (Lipinski definition) is 6. The Labute approximate surface area is 204 Å². The molecule has 2 unspecified atom stereocenters. The molecule has 2 aliphatic heterocycles. The first-order valence-corrected chi connectivity index (χ1v) is 11.7. The van der Waals surface area contributed by atoms with Crippen LogP contribution in [0.15, 0.2) is 42.5 Å². The van der Waals surface area contributed by atoms with Crippen molar-refractivity contribution in [3.05, 3.63) is 59.2 Å². The minimum atomic E-state index is -2.07. The lowest BCUT2D eigenvalue weighted by molar-refractivity contribution is -0.921. The maximum absolute atomic E-state index is 13.2. The van der Waals surface area contributed by atoms with Crippen molar-refractivity contribution in [3.63, 3.8) is 0 Å². The number of carbonyl (C=O) groups is 3. The summed E-state index contributed by atoms with van der Waals surface area (Å²) in [6.07, 6.45) is 3.08. The van der Waals surface area contributed by atoms with Gasteiger partial charge in [-0.3, -0.25) is 4.79 Å². The van der Waals surface area contributed by atoms with E-state index in [0.29, 0.717) is 5.91 Å².